The lowest BCUT2D eigenvalue weighted by molar-refractivity contribution is 0.173. The Morgan fingerprint density at radius 2 is 2.20 bits per heavy atom. The van der Waals surface area contributed by atoms with Crippen LogP contribution in [0.2, 0.25) is 0 Å². The standard InChI is InChI=1S/C9H16N2O3S/c1-7-8(6-11(2)10-7)9(12)4-5-15(3,13)14/h6,9,12H,4-5H2,1-3H3. The first-order valence-electron chi connectivity index (χ1n) is 4.65. The van der Waals surface area contributed by atoms with Crippen molar-refractivity contribution in [1.82, 2.24) is 9.78 Å². The van der Waals surface area contributed by atoms with Gasteiger partial charge in [-0.05, 0) is 13.3 Å². The highest BCUT2D eigenvalue weighted by Gasteiger charge is 2.15. The van der Waals surface area contributed by atoms with Gasteiger partial charge in [-0.2, -0.15) is 5.10 Å². The van der Waals surface area contributed by atoms with Gasteiger partial charge in [0.2, 0.25) is 0 Å². The number of hydrogen-bond acceptors (Lipinski definition) is 4. The van der Waals surface area contributed by atoms with Crippen LogP contribution in [0.5, 0.6) is 0 Å². The number of nitrogens with zero attached hydrogens (tertiary/aromatic N) is 2. The maximum absolute atomic E-state index is 10.9. The quantitative estimate of drug-likeness (QED) is 0.804. The summed E-state index contributed by atoms with van der Waals surface area (Å²) >= 11 is 0. The van der Waals surface area contributed by atoms with Gasteiger partial charge in [-0.3, -0.25) is 4.68 Å². The fourth-order valence-corrected chi connectivity index (χ4v) is 2.08. The molecule has 1 unspecified atom stereocenters. The summed E-state index contributed by atoms with van der Waals surface area (Å²) in [7, 11) is -1.26. The molecule has 0 saturated heterocycles. The highest BCUT2D eigenvalue weighted by atomic mass is 32.2. The Morgan fingerprint density at radius 1 is 1.60 bits per heavy atom. The number of aliphatic hydroxyl groups excluding tert-OH is 1. The van der Waals surface area contributed by atoms with Gasteiger partial charge in [0, 0.05) is 25.1 Å². The van der Waals surface area contributed by atoms with E-state index in [-0.39, 0.29) is 12.2 Å². The van der Waals surface area contributed by atoms with Crippen molar-refractivity contribution in [2.75, 3.05) is 12.0 Å². The molecule has 0 radical (unpaired) electrons. The first kappa shape index (κ1) is 12.2. The Bertz CT molecular complexity index is 436. The Labute approximate surface area is 89.6 Å². The second kappa shape index (κ2) is 4.32. The second-order valence-corrected chi connectivity index (χ2v) is 6.04. The van der Waals surface area contributed by atoms with E-state index in [9.17, 15) is 13.5 Å². The topological polar surface area (TPSA) is 72.2 Å². The highest BCUT2D eigenvalue weighted by Crippen LogP contribution is 2.19. The summed E-state index contributed by atoms with van der Waals surface area (Å²) in [4.78, 5) is 0. The summed E-state index contributed by atoms with van der Waals surface area (Å²) in [5.41, 5.74) is 1.43. The number of sulfone groups is 1. The molecule has 0 spiro atoms. The molecule has 0 amide bonds. The number of aliphatic hydroxyl groups is 1. The highest BCUT2D eigenvalue weighted by molar-refractivity contribution is 7.90. The Kier molecular flexibility index (Phi) is 3.51. The zero-order valence-electron chi connectivity index (χ0n) is 9.14. The molecular formula is C9H16N2O3S. The Balaban J connectivity index is 2.69. The number of hydrogen-bond donors (Lipinski definition) is 1. The van der Waals surface area contributed by atoms with Crippen LogP contribution in [0.25, 0.3) is 0 Å². The molecule has 15 heavy (non-hydrogen) atoms. The van der Waals surface area contributed by atoms with Crippen molar-refractivity contribution < 1.29 is 13.5 Å². The van der Waals surface area contributed by atoms with Crippen LogP contribution in [0.15, 0.2) is 6.20 Å². The van der Waals surface area contributed by atoms with Crippen LogP contribution < -0.4 is 0 Å². The van der Waals surface area contributed by atoms with E-state index < -0.39 is 15.9 Å². The zero-order chi connectivity index (χ0) is 11.6. The molecule has 0 aromatic carbocycles. The minimum Gasteiger partial charge on any atom is -0.388 e. The molecule has 0 aliphatic carbocycles. The first-order valence-corrected chi connectivity index (χ1v) is 6.71. The summed E-state index contributed by atoms with van der Waals surface area (Å²) in [6, 6.07) is 0. The lowest BCUT2D eigenvalue weighted by atomic mass is 10.1. The van der Waals surface area contributed by atoms with E-state index in [1.54, 1.807) is 24.9 Å². The largest absolute Gasteiger partial charge is 0.388 e. The third kappa shape index (κ3) is 3.64. The van der Waals surface area contributed by atoms with Gasteiger partial charge in [0.15, 0.2) is 0 Å². The molecule has 5 nitrogen and oxygen atoms in total. The van der Waals surface area contributed by atoms with Crippen LogP contribution in [-0.4, -0.2) is 35.3 Å². The van der Waals surface area contributed by atoms with E-state index in [4.69, 9.17) is 0 Å². The van der Waals surface area contributed by atoms with Crippen LogP contribution in [0.3, 0.4) is 0 Å². The first-order chi connectivity index (χ1) is 6.79. The number of rotatable bonds is 4. The monoisotopic (exact) mass is 232 g/mol. The third-order valence-corrected chi connectivity index (χ3v) is 3.15. The maximum atomic E-state index is 10.9. The molecule has 0 fully saturated rings. The summed E-state index contributed by atoms with van der Waals surface area (Å²) in [6.07, 6.45) is 2.33. The molecule has 1 N–H and O–H groups in total. The molecule has 0 bridgehead atoms. The third-order valence-electron chi connectivity index (χ3n) is 2.17. The van der Waals surface area contributed by atoms with Crippen molar-refractivity contribution in [3.05, 3.63) is 17.5 Å². The molecule has 0 saturated carbocycles. The average molecular weight is 232 g/mol. The van der Waals surface area contributed by atoms with Crippen LogP contribution in [0.4, 0.5) is 0 Å². The van der Waals surface area contributed by atoms with Crippen molar-refractivity contribution in [1.29, 1.82) is 0 Å². The van der Waals surface area contributed by atoms with Gasteiger partial charge < -0.3 is 5.11 Å². The van der Waals surface area contributed by atoms with Gasteiger partial charge in [0.1, 0.15) is 9.84 Å². The van der Waals surface area contributed by atoms with Crippen LogP contribution in [0, 0.1) is 6.92 Å². The molecule has 0 aliphatic heterocycles. The van der Waals surface area contributed by atoms with E-state index in [2.05, 4.69) is 5.10 Å². The predicted molar refractivity (Wildman–Crippen MR) is 57.2 cm³/mol. The fraction of sp³-hybridized carbons (Fsp3) is 0.667. The van der Waals surface area contributed by atoms with Crippen molar-refractivity contribution in [2.24, 2.45) is 7.05 Å². The normalized spacial score (nSPS) is 14.1. The zero-order valence-corrected chi connectivity index (χ0v) is 9.95. The fourth-order valence-electron chi connectivity index (χ4n) is 1.43. The van der Waals surface area contributed by atoms with Crippen LogP contribution >= 0.6 is 0 Å². The Hall–Kier alpha value is -0.880. The lowest BCUT2D eigenvalue weighted by Gasteiger charge is -2.08. The van der Waals surface area contributed by atoms with E-state index >= 15 is 0 Å². The SMILES string of the molecule is Cc1nn(C)cc1C(O)CCS(C)(=O)=O. The van der Waals surface area contributed by atoms with Gasteiger partial charge in [-0.25, -0.2) is 8.42 Å². The van der Waals surface area contributed by atoms with Crippen molar-refractivity contribution in [3.63, 3.8) is 0 Å². The molecule has 6 heteroatoms. The molecule has 1 atom stereocenters. The number of aryl methyl sites for hydroxylation is 2. The summed E-state index contributed by atoms with van der Waals surface area (Å²) in [5, 5.41) is 13.8. The molecule has 0 aliphatic rings. The molecule has 86 valence electrons. The molecule has 1 rings (SSSR count). The number of aromatic nitrogens is 2. The van der Waals surface area contributed by atoms with Crippen molar-refractivity contribution in [3.8, 4) is 0 Å². The summed E-state index contributed by atoms with van der Waals surface area (Å²) in [5.74, 6) is -0.0114. The minimum atomic E-state index is -3.02. The van der Waals surface area contributed by atoms with E-state index in [0.717, 1.165) is 11.9 Å². The summed E-state index contributed by atoms with van der Waals surface area (Å²) < 4.78 is 23.5. The van der Waals surface area contributed by atoms with Crippen LogP contribution in [0.1, 0.15) is 23.8 Å². The molecule has 1 heterocycles. The van der Waals surface area contributed by atoms with Crippen LogP contribution in [-0.2, 0) is 16.9 Å². The van der Waals surface area contributed by atoms with Crippen molar-refractivity contribution >= 4 is 9.84 Å². The second-order valence-electron chi connectivity index (χ2n) is 3.78. The molecule has 1 aromatic rings. The smallest absolute Gasteiger partial charge is 0.147 e. The predicted octanol–water partition coefficient (Wildman–Crippen LogP) is 0.197. The van der Waals surface area contributed by atoms with Crippen molar-refractivity contribution in [2.45, 2.75) is 19.4 Å². The maximum Gasteiger partial charge on any atom is 0.147 e. The lowest BCUT2D eigenvalue weighted by Crippen LogP contribution is -2.08. The summed E-state index contributed by atoms with van der Waals surface area (Å²) in [6.45, 7) is 1.79. The molecular weight excluding hydrogens is 216 g/mol. The van der Waals surface area contributed by atoms with Gasteiger partial charge in [0.05, 0.1) is 17.6 Å². The van der Waals surface area contributed by atoms with Gasteiger partial charge in [0.25, 0.3) is 0 Å². The minimum absolute atomic E-state index is 0.0114. The average Bonchev–Trinajstić information content (AvgIpc) is 2.40. The van der Waals surface area contributed by atoms with Gasteiger partial charge >= 0.3 is 0 Å². The molecule has 1 aromatic heterocycles. The van der Waals surface area contributed by atoms with E-state index in [1.165, 1.54) is 0 Å². The van der Waals surface area contributed by atoms with E-state index in [0.29, 0.717) is 5.56 Å². The van der Waals surface area contributed by atoms with Gasteiger partial charge in [-0.1, -0.05) is 0 Å². The van der Waals surface area contributed by atoms with Gasteiger partial charge in [-0.15, -0.1) is 0 Å². The van der Waals surface area contributed by atoms with E-state index in [1.807, 2.05) is 0 Å². The Morgan fingerprint density at radius 3 is 2.60 bits per heavy atom.